The third kappa shape index (κ3) is 5.95. The number of ether oxygens (including phenoxy) is 1. The lowest BCUT2D eigenvalue weighted by Crippen LogP contribution is -2.33. The van der Waals surface area contributed by atoms with Crippen molar-refractivity contribution in [3.05, 3.63) is 98.8 Å². The summed E-state index contributed by atoms with van der Waals surface area (Å²) in [4.78, 5) is 25.9. The first-order valence-corrected chi connectivity index (χ1v) is 11.9. The number of carbonyl (C=O) groups is 2. The van der Waals surface area contributed by atoms with Crippen LogP contribution in [0.4, 0.5) is 4.39 Å². The number of aliphatic carboxylic acids is 1. The zero-order chi connectivity index (χ0) is 25.2. The molecular weight excluding hydrogens is 492 g/mol. The average Bonchev–Trinajstić information content (AvgIpc) is 3.14. The van der Waals surface area contributed by atoms with E-state index in [-0.39, 0.29) is 25.4 Å². The second-order valence-corrected chi connectivity index (χ2v) is 9.73. The van der Waals surface area contributed by atoms with Crippen molar-refractivity contribution in [2.75, 3.05) is 6.54 Å². The molecule has 0 aromatic heterocycles. The molecule has 1 aliphatic rings. The average molecular weight is 516 g/mol. The van der Waals surface area contributed by atoms with Crippen LogP contribution in [-0.4, -0.2) is 34.0 Å². The quantitative estimate of drug-likeness (QED) is 0.388. The van der Waals surface area contributed by atoms with Gasteiger partial charge in [0.05, 0.1) is 16.5 Å². The summed E-state index contributed by atoms with van der Waals surface area (Å²) < 4.78 is 19.9. The van der Waals surface area contributed by atoms with Crippen LogP contribution in [0.1, 0.15) is 40.4 Å². The minimum atomic E-state index is -1.01. The van der Waals surface area contributed by atoms with Gasteiger partial charge in [0.15, 0.2) is 0 Å². The number of hydrogen-bond acceptors (Lipinski definition) is 3. The molecule has 8 heteroatoms. The minimum absolute atomic E-state index is 0.00322. The molecule has 0 bridgehead atoms. The maximum Gasteiger partial charge on any atom is 0.305 e. The maximum absolute atomic E-state index is 13.7. The number of fused-ring (bicyclic) bond motifs is 1. The molecule has 0 saturated heterocycles. The molecule has 0 fully saturated rings. The monoisotopic (exact) mass is 515 g/mol. The van der Waals surface area contributed by atoms with E-state index >= 15 is 0 Å². The van der Waals surface area contributed by atoms with E-state index in [9.17, 15) is 14.0 Å². The Morgan fingerprint density at radius 3 is 2.63 bits per heavy atom. The van der Waals surface area contributed by atoms with Crippen molar-refractivity contribution in [1.29, 1.82) is 0 Å². The third-order valence-electron chi connectivity index (χ3n) is 5.97. The number of carbonyl (C=O) groups excluding carboxylic acids is 1. The van der Waals surface area contributed by atoms with Crippen LogP contribution in [0.3, 0.4) is 0 Å². The Morgan fingerprint density at radius 2 is 1.89 bits per heavy atom. The van der Waals surface area contributed by atoms with Crippen LogP contribution in [0.25, 0.3) is 0 Å². The van der Waals surface area contributed by atoms with Crippen LogP contribution >= 0.6 is 23.2 Å². The zero-order valence-corrected chi connectivity index (χ0v) is 20.6. The number of rotatable bonds is 8. The van der Waals surface area contributed by atoms with Gasteiger partial charge in [-0.15, -0.1) is 0 Å². The lowest BCUT2D eigenvalue weighted by Gasteiger charge is -2.24. The summed E-state index contributed by atoms with van der Waals surface area (Å²) in [7, 11) is 0. The Bertz CT molecular complexity index is 1280. The Hall–Kier alpha value is -3.09. The molecule has 0 saturated carbocycles. The number of hydrogen-bond donors (Lipinski definition) is 1. The Balaban J connectivity index is 1.54. The summed E-state index contributed by atoms with van der Waals surface area (Å²) in [6.45, 7) is 2.08. The van der Waals surface area contributed by atoms with Gasteiger partial charge < -0.3 is 14.7 Å². The maximum atomic E-state index is 13.7. The van der Waals surface area contributed by atoms with E-state index in [2.05, 4.69) is 0 Å². The molecule has 1 atom stereocenters. The van der Waals surface area contributed by atoms with E-state index < -0.39 is 17.4 Å². The highest BCUT2D eigenvalue weighted by Gasteiger charge is 2.36. The molecule has 3 aromatic rings. The molecular formula is C27H24Cl2FNO4. The second-order valence-electron chi connectivity index (χ2n) is 8.94. The first-order chi connectivity index (χ1) is 16.6. The summed E-state index contributed by atoms with van der Waals surface area (Å²) >= 11 is 12.5. The van der Waals surface area contributed by atoms with Crippen molar-refractivity contribution in [3.8, 4) is 5.75 Å². The Kier molecular flexibility index (Phi) is 7.33. The smallest absolute Gasteiger partial charge is 0.305 e. The largest absolute Gasteiger partial charge is 0.487 e. The molecule has 1 amide bonds. The molecule has 0 aliphatic carbocycles. The summed E-state index contributed by atoms with van der Waals surface area (Å²) in [5, 5.41) is 10.1. The molecule has 4 rings (SSSR count). The first-order valence-electron chi connectivity index (χ1n) is 11.1. The third-order valence-corrected chi connectivity index (χ3v) is 6.83. The van der Waals surface area contributed by atoms with Crippen molar-refractivity contribution < 1.29 is 23.8 Å². The van der Waals surface area contributed by atoms with Crippen LogP contribution in [-0.2, 0) is 24.2 Å². The van der Waals surface area contributed by atoms with E-state index in [0.29, 0.717) is 39.8 Å². The van der Waals surface area contributed by atoms with Crippen molar-refractivity contribution in [2.24, 2.45) is 0 Å². The molecule has 1 heterocycles. The van der Waals surface area contributed by atoms with Crippen molar-refractivity contribution in [2.45, 2.75) is 38.3 Å². The molecule has 5 nitrogen and oxygen atoms in total. The summed E-state index contributed by atoms with van der Waals surface area (Å²) in [5.74, 6) is -1.07. The zero-order valence-electron chi connectivity index (χ0n) is 19.1. The lowest BCUT2D eigenvalue weighted by atomic mass is 9.91. The normalized spacial score (nSPS) is 16.5. The number of halogens is 3. The van der Waals surface area contributed by atoms with E-state index in [1.807, 2.05) is 19.1 Å². The van der Waals surface area contributed by atoms with Gasteiger partial charge in [-0.2, -0.15) is 0 Å². The summed E-state index contributed by atoms with van der Waals surface area (Å²) in [6.07, 6.45) is 0.882. The number of benzene rings is 3. The summed E-state index contributed by atoms with van der Waals surface area (Å²) in [6, 6.07) is 16.6. The van der Waals surface area contributed by atoms with E-state index in [0.717, 1.165) is 11.1 Å². The highest BCUT2D eigenvalue weighted by Crippen LogP contribution is 2.39. The van der Waals surface area contributed by atoms with Gasteiger partial charge in [0, 0.05) is 31.5 Å². The van der Waals surface area contributed by atoms with Crippen LogP contribution in [0.2, 0.25) is 10.0 Å². The molecule has 1 N–H and O–H groups in total. The van der Waals surface area contributed by atoms with Crippen molar-refractivity contribution in [1.82, 2.24) is 4.90 Å². The van der Waals surface area contributed by atoms with Gasteiger partial charge in [0.25, 0.3) is 5.91 Å². The van der Waals surface area contributed by atoms with Crippen LogP contribution in [0, 0.1) is 5.82 Å². The van der Waals surface area contributed by atoms with Crippen LogP contribution in [0.5, 0.6) is 5.75 Å². The fourth-order valence-corrected chi connectivity index (χ4v) is 4.75. The molecule has 0 radical (unpaired) electrons. The fourth-order valence-electron chi connectivity index (χ4n) is 4.36. The van der Waals surface area contributed by atoms with Crippen molar-refractivity contribution >= 4 is 35.1 Å². The predicted octanol–water partition coefficient (Wildman–Crippen LogP) is 6.19. The van der Waals surface area contributed by atoms with Gasteiger partial charge in [-0.1, -0.05) is 47.5 Å². The highest BCUT2D eigenvalue weighted by atomic mass is 35.5. The topological polar surface area (TPSA) is 66.8 Å². The molecule has 3 aromatic carbocycles. The molecule has 35 heavy (non-hydrogen) atoms. The van der Waals surface area contributed by atoms with Gasteiger partial charge in [-0.05, 0) is 60.0 Å². The number of carboxylic acid groups (broad SMARTS) is 1. The van der Waals surface area contributed by atoms with Crippen molar-refractivity contribution in [3.63, 3.8) is 0 Å². The SMILES string of the molecule is C[C@]1(Cc2cccc(Cl)c2Cl)Cc2cc(C(=O)N(CCC(=O)O)Cc3cccc(F)c3)ccc2O1. The number of nitrogens with zero attached hydrogens (tertiary/aromatic N) is 1. The van der Waals surface area contributed by atoms with Gasteiger partial charge >= 0.3 is 5.97 Å². The molecule has 182 valence electrons. The Morgan fingerprint density at radius 1 is 1.11 bits per heavy atom. The van der Waals surface area contributed by atoms with Gasteiger partial charge in [-0.3, -0.25) is 9.59 Å². The second kappa shape index (κ2) is 10.3. The molecule has 0 spiro atoms. The Labute approximate surface area is 213 Å². The van der Waals surface area contributed by atoms with Gasteiger partial charge in [0.1, 0.15) is 17.2 Å². The number of carboxylic acids is 1. The fraction of sp³-hybridized carbons (Fsp3) is 0.259. The first kappa shape index (κ1) is 25.0. The van der Waals surface area contributed by atoms with Crippen LogP contribution in [0.15, 0.2) is 60.7 Å². The highest BCUT2D eigenvalue weighted by molar-refractivity contribution is 6.42. The van der Waals surface area contributed by atoms with E-state index in [1.165, 1.54) is 17.0 Å². The predicted molar refractivity (Wildman–Crippen MR) is 133 cm³/mol. The number of amides is 1. The van der Waals surface area contributed by atoms with Crippen LogP contribution < -0.4 is 4.74 Å². The standard InChI is InChI=1S/C27H24Cl2FNO4/c1-27(14-19-5-3-7-22(28)25(19)29)15-20-13-18(8-9-23(20)35-27)26(34)31(11-10-24(32)33)16-17-4-2-6-21(30)12-17/h2-9,12-13H,10-11,14-16H2,1H3,(H,32,33)/t27-/m0/s1. The minimum Gasteiger partial charge on any atom is -0.487 e. The summed E-state index contributed by atoms with van der Waals surface area (Å²) in [5.41, 5.74) is 2.18. The van der Waals surface area contributed by atoms with E-state index in [4.69, 9.17) is 33.0 Å². The van der Waals surface area contributed by atoms with E-state index in [1.54, 1.807) is 36.4 Å². The van der Waals surface area contributed by atoms with Gasteiger partial charge in [-0.25, -0.2) is 4.39 Å². The van der Waals surface area contributed by atoms with Gasteiger partial charge in [0.2, 0.25) is 0 Å². The molecule has 0 unspecified atom stereocenters. The molecule has 1 aliphatic heterocycles. The lowest BCUT2D eigenvalue weighted by molar-refractivity contribution is -0.137.